The Hall–Kier alpha value is -2.62. The molecule has 4 bridgehead atoms. The van der Waals surface area contributed by atoms with Crippen LogP contribution in [0.4, 0.5) is 0 Å². The van der Waals surface area contributed by atoms with Crippen molar-refractivity contribution in [3.8, 4) is 5.75 Å². The van der Waals surface area contributed by atoms with E-state index < -0.39 is 0 Å². The van der Waals surface area contributed by atoms with Gasteiger partial charge in [0.2, 0.25) is 5.91 Å². The number of unbranched alkanes of at least 4 members (excludes halogenated alkanes) is 9. The Morgan fingerprint density at radius 1 is 0.854 bits per heavy atom. The molecule has 4 fully saturated rings. The van der Waals surface area contributed by atoms with Crippen LogP contribution >= 0.6 is 0 Å². The number of hydrogen-bond acceptors (Lipinski definition) is 3. The number of hydrogen-bond donors (Lipinski definition) is 1. The standard InChI is InChI=1S/C37H52N2O2/c1-3-4-5-6-7-8-9-10-11-12-21-41-34-19-15-30(16-20-34)27-38-39-35(40)37-25-31-22-32(26-37)24-36(23-31,28-37)33-17-13-29(2)14-18-33/h13-20,27,31-32H,3-12,21-26,28H2,1-2H3,(H,39,40)/b38-27+. The number of amides is 1. The maximum atomic E-state index is 13.6. The Balaban J connectivity index is 1.04. The maximum Gasteiger partial charge on any atom is 0.246 e. The summed E-state index contributed by atoms with van der Waals surface area (Å²) in [6, 6.07) is 17.1. The topological polar surface area (TPSA) is 50.7 Å². The van der Waals surface area contributed by atoms with E-state index in [0.29, 0.717) is 11.8 Å². The molecule has 1 N–H and O–H groups in total. The minimum Gasteiger partial charge on any atom is -0.494 e. The molecule has 0 heterocycles. The first-order valence-electron chi connectivity index (χ1n) is 16.6. The van der Waals surface area contributed by atoms with Crippen LogP contribution in [0.25, 0.3) is 0 Å². The van der Waals surface area contributed by atoms with Crippen molar-refractivity contribution in [3.05, 3.63) is 65.2 Å². The second-order valence-corrected chi connectivity index (χ2v) is 13.7. The molecule has 0 spiro atoms. The minimum absolute atomic E-state index is 0.121. The van der Waals surface area contributed by atoms with Gasteiger partial charge in [-0.05, 0) is 105 Å². The van der Waals surface area contributed by atoms with E-state index >= 15 is 0 Å². The number of nitrogens with one attached hydrogen (secondary N) is 1. The fourth-order valence-electron chi connectivity index (χ4n) is 8.49. The molecule has 41 heavy (non-hydrogen) atoms. The quantitative estimate of drug-likeness (QED) is 0.127. The lowest BCUT2D eigenvalue weighted by atomic mass is 9.42. The summed E-state index contributed by atoms with van der Waals surface area (Å²) in [7, 11) is 0. The summed E-state index contributed by atoms with van der Waals surface area (Å²) in [5.74, 6) is 2.33. The zero-order chi connectivity index (χ0) is 28.5. The van der Waals surface area contributed by atoms with Crippen molar-refractivity contribution < 1.29 is 9.53 Å². The molecule has 0 radical (unpaired) electrons. The Morgan fingerprint density at radius 3 is 2.10 bits per heavy atom. The number of hydrazone groups is 1. The number of benzene rings is 2. The fraction of sp³-hybridized carbons (Fsp3) is 0.622. The van der Waals surface area contributed by atoms with Gasteiger partial charge in [0.15, 0.2) is 0 Å². The van der Waals surface area contributed by atoms with E-state index in [1.54, 1.807) is 6.21 Å². The van der Waals surface area contributed by atoms with Crippen LogP contribution in [-0.4, -0.2) is 18.7 Å². The third-order valence-corrected chi connectivity index (χ3v) is 10.2. The molecule has 0 aromatic heterocycles. The van der Waals surface area contributed by atoms with E-state index in [1.807, 2.05) is 24.3 Å². The van der Waals surface area contributed by atoms with Crippen LogP contribution in [0.5, 0.6) is 5.75 Å². The van der Waals surface area contributed by atoms with E-state index in [-0.39, 0.29) is 16.7 Å². The molecule has 0 aliphatic heterocycles. The second kappa shape index (κ2) is 14.0. The van der Waals surface area contributed by atoms with Crippen molar-refractivity contribution in [2.45, 2.75) is 122 Å². The highest BCUT2D eigenvalue weighted by Crippen LogP contribution is 2.65. The first-order chi connectivity index (χ1) is 20.0. The predicted molar refractivity (Wildman–Crippen MR) is 169 cm³/mol. The monoisotopic (exact) mass is 556 g/mol. The van der Waals surface area contributed by atoms with E-state index in [4.69, 9.17) is 4.74 Å². The highest BCUT2D eigenvalue weighted by Gasteiger charge is 2.60. The minimum atomic E-state index is -0.279. The van der Waals surface area contributed by atoms with Crippen molar-refractivity contribution in [3.63, 3.8) is 0 Å². The lowest BCUT2D eigenvalue weighted by Gasteiger charge is -2.61. The highest BCUT2D eigenvalue weighted by atomic mass is 16.5. The molecule has 4 heteroatoms. The largest absolute Gasteiger partial charge is 0.494 e. The number of rotatable bonds is 16. The second-order valence-electron chi connectivity index (χ2n) is 13.7. The summed E-state index contributed by atoms with van der Waals surface area (Å²) in [5, 5.41) is 4.40. The first-order valence-corrected chi connectivity index (χ1v) is 16.6. The van der Waals surface area contributed by atoms with E-state index in [9.17, 15) is 4.79 Å². The molecule has 2 unspecified atom stereocenters. The number of carbonyl (C=O) groups excluding carboxylic acids is 1. The first kappa shape index (κ1) is 29.9. The zero-order valence-corrected chi connectivity index (χ0v) is 25.6. The zero-order valence-electron chi connectivity index (χ0n) is 25.6. The van der Waals surface area contributed by atoms with Crippen molar-refractivity contribution >= 4 is 12.1 Å². The van der Waals surface area contributed by atoms with Gasteiger partial charge in [0.1, 0.15) is 5.75 Å². The van der Waals surface area contributed by atoms with Gasteiger partial charge in [0.05, 0.1) is 18.2 Å². The van der Waals surface area contributed by atoms with Crippen molar-refractivity contribution in [1.82, 2.24) is 5.43 Å². The average Bonchev–Trinajstić information content (AvgIpc) is 2.96. The molecule has 0 saturated heterocycles. The van der Waals surface area contributed by atoms with Gasteiger partial charge in [0, 0.05) is 0 Å². The molecule has 4 nitrogen and oxygen atoms in total. The maximum absolute atomic E-state index is 13.6. The van der Waals surface area contributed by atoms with Gasteiger partial charge in [-0.15, -0.1) is 0 Å². The summed E-state index contributed by atoms with van der Waals surface area (Å²) in [4.78, 5) is 13.6. The van der Waals surface area contributed by atoms with Gasteiger partial charge in [-0.2, -0.15) is 5.10 Å². The molecule has 4 aliphatic rings. The lowest BCUT2D eigenvalue weighted by molar-refractivity contribution is -0.149. The van der Waals surface area contributed by atoms with Crippen LogP contribution in [0, 0.1) is 24.2 Å². The summed E-state index contributed by atoms with van der Waals surface area (Å²) in [5.41, 5.74) is 6.54. The molecule has 4 saturated carbocycles. The van der Waals surface area contributed by atoms with Gasteiger partial charge in [-0.25, -0.2) is 5.43 Å². The van der Waals surface area contributed by atoms with Gasteiger partial charge in [-0.3, -0.25) is 4.79 Å². The van der Waals surface area contributed by atoms with E-state index in [0.717, 1.165) is 43.6 Å². The number of ether oxygens (including phenoxy) is 1. The van der Waals surface area contributed by atoms with Gasteiger partial charge in [0.25, 0.3) is 0 Å². The summed E-state index contributed by atoms with van der Waals surface area (Å²) >= 11 is 0. The summed E-state index contributed by atoms with van der Waals surface area (Å²) in [6.45, 7) is 5.20. The molecule has 222 valence electrons. The van der Waals surface area contributed by atoms with Crippen molar-refractivity contribution in [1.29, 1.82) is 0 Å². The SMILES string of the molecule is CCCCCCCCCCCCOc1ccc(/C=N/NC(=O)C23CC4CC(C2)CC(c2ccc(C)cc2)(C4)C3)cc1. The van der Waals surface area contributed by atoms with Crippen LogP contribution in [0.15, 0.2) is 53.6 Å². The molecular formula is C37H52N2O2. The molecule has 4 aliphatic carbocycles. The molecule has 2 aromatic rings. The van der Waals surface area contributed by atoms with E-state index in [2.05, 4.69) is 48.6 Å². The third kappa shape index (κ3) is 7.62. The summed E-state index contributed by atoms with van der Waals surface area (Å²) < 4.78 is 5.95. The smallest absolute Gasteiger partial charge is 0.246 e. The van der Waals surface area contributed by atoms with Crippen LogP contribution < -0.4 is 10.2 Å². The van der Waals surface area contributed by atoms with Crippen LogP contribution in [0.1, 0.15) is 126 Å². The van der Waals surface area contributed by atoms with E-state index in [1.165, 1.54) is 88.2 Å². The normalized spacial score (nSPS) is 26.5. The Kier molecular flexibility index (Phi) is 10.2. The van der Waals surface area contributed by atoms with Crippen LogP contribution in [0.3, 0.4) is 0 Å². The Labute approximate surface area is 248 Å². The van der Waals surface area contributed by atoms with Crippen molar-refractivity contribution in [2.75, 3.05) is 6.61 Å². The van der Waals surface area contributed by atoms with Gasteiger partial charge in [-0.1, -0.05) is 94.5 Å². The van der Waals surface area contributed by atoms with Gasteiger partial charge >= 0.3 is 0 Å². The number of aryl methyl sites for hydroxylation is 1. The highest BCUT2D eigenvalue weighted by molar-refractivity contribution is 5.86. The Morgan fingerprint density at radius 2 is 1.46 bits per heavy atom. The number of carbonyl (C=O) groups is 1. The van der Waals surface area contributed by atoms with Gasteiger partial charge < -0.3 is 4.74 Å². The third-order valence-electron chi connectivity index (χ3n) is 10.2. The fourth-order valence-corrected chi connectivity index (χ4v) is 8.49. The van der Waals surface area contributed by atoms with Crippen LogP contribution in [0.2, 0.25) is 0 Å². The molecule has 6 rings (SSSR count). The van der Waals surface area contributed by atoms with Crippen molar-refractivity contribution in [2.24, 2.45) is 22.4 Å². The molecule has 2 aromatic carbocycles. The lowest BCUT2D eigenvalue weighted by Crippen LogP contribution is -2.58. The molecule has 2 atom stereocenters. The summed E-state index contributed by atoms with van der Waals surface area (Å²) in [6.07, 6.45) is 21.8. The average molecular weight is 557 g/mol. The Bertz CT molecular complexity index is 1120. The van der Waals surface area contributed by atoms with Crippen LogP contribution in [-0.2, 0) is 10.2 Å². The predicted octanol–water partition coefficient (Wildman–Crippen LogP) is 9.28. The molecular weight excluding hydrogens is 504 g/mol. The molecule has 1 amide bonds. The number of nitrogens with zero attached hydrogens (tertiary/aromatic N) is 1.